The summed E-state index contributed by atoms with van der Waals surface area (Å²) in [5.74, 6) is -0.259. The Labute approximate surface area is 181 Å². The molecule has 0 unspecified atom stereocenters. The maximum atomic E-state index is 13.3. The van der Waals surface area contributed by atoms with Crippen molar-refractivity contribution in [3.63, 3.8) is 0 Å². The van der Waals surface area contributed by atoms with Gasteiger partial charge in [-0.15, -0.1) is 0 Å². The number of hydrogen-bond donors (Lipinski definition) is 0. The second-order valence-electron chi connectivity index (χ2n) is 8.08. The molecule has 0 aromatic heterocycles. The van der Waals surface area contributed by atoms with Crippen molar-refractivity contribution in [3.05, 3.63) is 102 Å². The Balaban J connectivity index is 1.40. The van der Waals surface area contributed by atoms with Crippen molar-refractivity contribution in [1.29, 1.82) is 0 Å². The number of benzene rings is 3. The molecule has 3 aromatic carbocycles. The number of carbonyl (C=O) groups excluding carboxylic acids is 2. The van der Waals surface area contributed by atoms with Gasteiger partial charge < -0.3 is 14.5 Å². The molecule has 0 N–H and O–H groups in total. The molecule has 156 valence electrons. The number of cyclic esters (lactones) is 1. The van der Waals surface area contributed by atoms with Crippen LogP contribution >= 0.6 is 0 Å². The third-order valence-corrected chi connectivity index (χ3v) is 6.17. The number of para-hydroxylation sites is 1. The van der Waals surface area contributed by atoms with Crippen LogP contribution in [0.5, 0.6) is 0 Å². The molecule has 5 heteroatoms. The molecule has 0 saturated carbocycles. The number of rotatable bonds is 6. The summed E-state index contributed by atoms with van der Waals surface area (Å²) in [4.78, 5) is 29.4. The van der Waals surface area contributed by atoms with Crippen LogP contribution in [0.3, 0.4) is 0 Å². The number of hydrogen-bond acceptors (Lipinski definition) is 3. The van der Waals surface area contributed by atoms with E-state index in [1.54, 1.807) is 4.90 Å². The lowest BCUT2D eigenvalue weighted by atomic mass is 9.81. The first kappa shape index (κ1) is 19.4. The van der Waals surface area contributed by atoms with Gasteiger partial charge in [-0.2, -0.15) is 0 Å². The summed E-state index contributed by atoms with van der Waals surface area (Å²) in [5.41, 5.74) is 3.10. The fourth-order valence-electron chi connectivity index (χ4n) is 4.61. The van der Waals surface area contributed by atoms with Crippen LogP contribution in [-0.4, -0.2) is 36.1 Å². The number of ether oxygens (including phenoxy) is 1. The van der Waals surface area contributed by atoms with Crippen LogP contribution in [0.15, 0.2) is 91.0 Å². The molecule has 2 fully saturated rings. The SMILES string of the molecule is O=C1OC[C@H](Cc2ccccc2)N1C[C@H]1C(=O)N(c2ccccc2)[C@@H]1c1ccccc1. The van der Waals surface area contributed by atoms with Crippen molar-refractivity contribution in [2.75, 3.05) is 18.1 Å². The highest BCUT2D eigenvalue weighted by atomic mass is 16.6. The summed E-state index contributed by atoms with van der Waals surface area (Å²) in [6.45, 7) is 0.713. The molecule has 3 aromatic rings. The quantitative estimate of drug-likeness (QED) is 0.562. The van der Waals surface area contributed by atoms with Crippen LogP contribution in [0.25, 0.3) is 0 Å². The standard InChI is InChI=1S/C26H24N2O3/c29-25-23(17-27-22(18-31-26(27)30)16-19-10-4-1-5-11-19)24(20-12-6-2-7-13-20)28(25)21-14-8-3-9-15-21/h1-15,22-24H,16-18H2/t22-,23+,24+/m0/s1. The van der Waals surface area contributed by atoms with E-state index in [0.717, 1.165) is 16.8 Å². The monoisotopic (exact) mass is 412 g/mol. The van der Waals surface area contributed by atoms with Gasteiger partial charge in [-0.05, 0) is 29.7 Å². The van der Waals surface area contributed by atoms with Gasteiger partial charge in [0.1, 0.15) is 6.61 Å². The average molecular weight is 412 g/mol. The Morgan fingerprint density at radius 1 is 0.806 bits per heavy atom. The number of carbonyl (C=O) groups is 2. The van der Waals surface area contributed by atoms with Crippen LogP contribution in [0.4, 0.5) is 10.5 Å². The molecule has 2 heterocycles. The molecule has 31 heavy (non-hydrogen) atoms. The van der Waals surface area contributed by atoms with Crippen LogP contribution in [0, 0.1) is 5.92 Å². The van der Waals surface area contributed by atoms with Crippen molar-refractivity contribution in [3.8, 4) is 0 Å². The lowest BCUT2D eigenvalue weighted by Gasteiger charge is -2.48. The third kappa shape index (κ3) is 3.67. The first-order valence-electron chi connectivity index (χ1n) is 10.6. The van der Waals surface area contributed by atoms with E-state index in [1.165, 1.54) is 0 Å². The molecule has 0 bridgehead atoms. The minimum atomic E-state index is -0.335. The van der Waals surface area contributed by atoms with Crippen molar-refractivity contribution in [2.45, 2.75) is 18.5 Å². The van der Waals surface area contributed by atoms with E-state index in [2.05, 4.69) is 12.1 Å². The average Bonchev–Trinajstić information content (AvgIpc) is 3.16. The van der Waals surface area contributed by atoms with E-state index < -0.39 is 0 Å². The van der Waals surface area contributed by atoms with Gasteiger partial charge in [-0.1, -0.05) is 78.9 Å². The molecule has 2 aliphatic rings. The lowest BCUT2D eigenvalue weighted by molar-refractivity contribution is -0.131. The smallest absolute Gasteiger partial charge is 0.410 e. The second kappa shape index (κ2) is 8.26. The number of amides is 2. The topological polar surface area (TPSA) is 49.9 Å². The number of anilines is 1. The molecular weight excluding hydrogens is 388 g/mol. The Kier molecular flexibility index (Phi) is 5.16. The predicted molar refractivity (Wildman–Crippen MR) is 119 cm³/mol. The number of β-lactam (4-membered cyclic amide) rings is 1. The molecule has 2 saturated heterocycles. The molecule has 3 atom stereocenters. The first-order valence-corrected chi connectivity index (χ1v) is 10.6. The van der Waals surface area contributed by atoms with Gasteiger partial charge >= 0.3 is 6.09 Å². The molecule has 2 aliphatic heterocycles. The molecule has 2 amide bonds. The van der Waals surface area contributed by atoms with Crippen LogP contribution < -0.4 is 4.90 Å². The van der Waals surface area contributed by atoms with Crippen LogP contribution in [0.2, 0.25) is 0 Å². The van der Waals surface area contributed by atoms with Crippen molar-refractivity contribution in [2.24, 2.45) is 5.92 Å². The van der Waals surface area contributed by atoms with E-state index >= 15 is 0 Å². The van der Waals surface area contributed by atoms with Gasteiger partial charge in [0.2, 0.25) is 5.91 Å². The van der Waals surface area contributed by atoms with E-state index in [0.29, 0.717) is 19.6 Å². The van der Waals surface area contributed by atoms with E-state index in [-0.39, 0.29) is 30.0 Å². The fourth-order valence-corrected chi connectivity index (χ4v) is 4.61. The summed E-state index contributed by atoms with van der Waals surface area (Å²) >= 11 is 0. The minimum absolute atomic E-state index is 0.0400. The Bertz CT molecular complexity index is 1060. The summed E-state index contributed by atoms with van der Waals surface area (Å²) in [6, 6.07) is 29.7. The van der Waals surface area contributed by atoms with E-state index in [4.69, 9.17) is 4.74 Å². The van der Waals surface area contributed by atoms with Gasteiger partial charge in [0, 0.05) is 12.2 Å². The number of nitrogens with zero attached hydrogens (tertiary/aromatic N) is 2. The van der Waals surface area contributed by atoms with E-state index in [9.17, 15) is 9.59 Å². The van der Waals surface area contributed by atoms with Gasteiger partial charge in [-0.3, -0.25) is 4.79 Å². The normalized spacial score (nSPS) is 22.9. The lowest BCUT2D eigenvalue weighted by Crippen LogP contribution is -2.59. The van der Waals surface area contributed by atoms with Crippen molar-refractivity contribution >= 4 is 17.7 Å². The van der Waals surface area contributed by atoms with E-state index in [1.807, 2.05) is 83.8 Å². The summed E-state index contributed by atoms with van der Waals surface area (Å²) < 4.78 is 5.37. The summed E-state index contributed by atoms with van der Waals surface area (Å²) in [6.07, 6.45) is 0.380. The molecule has 0 radical (unpaired) electrons. The zero-order valence-corrected chi connectivity index (χ0v) is 17.1. The highest BCUT2D eigenvalue weighted by molar-refractivity contribution is 6.03. The molecule has 5 nitrogen and oxygen atoms in total. The second-order valence-corrected chi connectivity index (χ2v) is 8.08. The molecule has 0 aliphatic carbocycles. The Morgan fingerprint density at radius 3 is 2.10 bits per heavy atom. The van der Waals surface area contributed by atoms with Crippen molar-refractivity contribution in [1.82, 2.24) is 4.90 Å². The minimum Gasteiger partial charge on any atom is -0.447 e. The third-order valence-electron chi connectivity index (χ3n) is 6.17. The zero-order chi connectivity index (χ0) is 21.2. The van der Waals surface area contributed by atoms with Gasteiger partial charge in [0.15, 0.2) is 0 Å². The predicted octanol–water partition coefficient (Wildman–Crippen LogP) is 4.45. The Morgan fingerprint density at radius 2 is 1.42 bits per heavy atom. The molecule has 5 rings (SSSR count). The maximum absolute atomic E-state index is 13.3. The Hall–Kier alpha value is -3.60. The van der Waals surface area contributed by atoms with Crippen LogP contribution in [-0.2, 0) is 16.0 Å². The summed E-state index contributed by atoms with van der Waals surface area (Å²) in [5, 5.41) is 0. The maximum Gasteiger partial charge on any atom is 0.410 e. The largest absolute Gasteiger partial charge is 0.447 e. The summed E-state index contributed by atoms with van der Waals surface area (Å²) in [7, 11) is 0. The first-order chi connectivity index (χ1) is 15.2. The highest BCUT2D eigenvalue weighted by Crippen LogP contribution is 2.44. The zero-order valence-electron chi connectivity index (χ0n) is 17.1. The molecule has 0 spiro atoms. The van der Waals surface area contributed by atoms with Crippen LogP contribution in [0.1, 0.15) is 17.2 Å². The fraction of sp³-hybridized carbons (Fsp3) is 0.231. The highest BCUT2D eigenvalue weighted by Gasteiger charge is 2.51. The van der Waals surface area contributed by atoms with Gasteiger partial charge in [-0.25, -0.2) is 4.79 Å². The van der Waals surface area contributed by atoms with Crippen molar-refractivity contribution < 1.29 is 14.3 Å². The molecular formula is C26H24N2O3. The van der Waals surface area contributed by atoms with Gasteiger partial charge in [0.05, 0.1) is 18.0 Å². The van der Waals surface area contributed by atoms with Gasteiger partial charge in [0.25, 0.3) is 0 Å².